The maximum Gasteiger partial charge on any atom is 0.315 e. The van der Waals surface area contributed by atoms with Gasteiger partial charge in [0.05, 0.1) is 0 Å². The number of aryl methyl sites for hydroxylation is 1. The van der Waals surface area contributed by atoms with Crippen molar-refractivity contribution in [3.8, 4) is 0 Å². The average molecular weight is 193 g/mol. The Hall–Kier alpha value is -1.35. The zero-order valence-corrected chi connectivity index (χ0v) is 8.45. The van der Waals surface area contributed by atoms with Gasteiger partial charge in [-0.25, -0.2) is 0 Å². The Morgan fingerprint density at radius 2 is 2.21 bits per heavy atom. The third-order valence-corrected chi connectivity index (χ3v) is 2.54. The second kappa shape index (κ2) is 3.80. The lowest BCUT2D eigenvalue weighted by molar-refractivity contribution is -0.142. The summed E-state index contributed by atoms with van der Waals surface area (Å²) in [5.74, 6) is -0.884. The van der Waals surface area contributed by atoms with Gasteiger partial charge in [-0.1, -0.05) is 29.8 Å². The molecule has 1 aromatic rings. The van der Waals surface area contributed by atoms with Gasteiger partial charge in [-0.3, -0.25) is 4.79 Å². The summed E-state index contributed by atoms with van der Waals surface area (Å²) in [6, 6.07) is 7.44. The molecule has 14 heavy (non-hydrogen) atoms. The van der Waals surface area contributed by atoms with Crippen LogP contribution in [0, 0.1) is 6.92 Å². The van der Waals surface area contributed by atoms with E-state index in [0.29, 0.717) is 0 Å². The fraction of sp³-hybridized carbons (Fsp3) is 0.364. The molecular formula is C11H15NO2. The summed E-state index contributed by atoms with van der Waals surface area (Å²) >= 11 is 0. The smallest absolute Gasteiger partial charge is 0.315 e. The topological polar surface area (TPSA) is 63.3 Å². The number of aliphatic carboxylic acids is 1. The van der Waals surface area contributed by atoms with Crippen molar-refractivity contribution in [1.82, 2.24) is 0 Å². The van der Waals surface area contributed by atoms with Gasteiger partial charge in [-0.05, 0) is 19.4 Å². The maximum absolute atomic E-state index is 11.1. The zero-order chi connectivity index (χ0) is 10.8. The number of nitrogens with two attached hydrogens (primary N) is 1. The Bertz CT molecular complexity index is 349. The molecule has 0 spiro atoms. The summed E-state index contributed by atoms with van der Waals surface area (Å²) in [6.45, 7) is 3.68. The van der Waals surface area contributed by atoms with Gasteiger partial charge in [0.2, 0.25) is 0 Å². The van der Waals surface area contributed by atoms with Crippen molar-refractivity contribution < 1.29 is 9.90 Å². The molecule has 0 aliphatic rings. The fourth-order valence-corrected chi connectivity index (χ4v) is 1.32. The van der Waals surface area contributed by atoms with Gasteiger partial charge in [0.25, 0.3) is 0 Å². The Morgan fingerprint density at radius 3 is 2.64 bits per heavy atom. The van der Waals surface area contributed by atoms with Crippen LogP contribution < -0.4 is 5.73 Å². The summed E-state index contributed by atoms with van der Waals surface area (Å²) in [5.41, 5.74) is 6.33. The van der Waals surface area contributed by atoms with E-state index in [0.717, 1.165) is 11.1 Å². The fourth-order valence-electron chi connectivity index (χ4n) is 1.32. The lowest BCUT2D eigenvalue weighted by Gasteiger charge is -2.23. The van der Waals surface area contributed by atoms with Crippen molar-refractivity contribution >= 4 is 5.97 Å². The number of carbonyl (C=O) groups is 1. The molecule has 0 fully saturated rings. The summed E-state index contributed by atoms with van der Waals surface area (Å²) in [4.78, 5) is 11.1. The zero-order valence-electron chi connectivity index (χ0n) is 8.45. The van der Waals surface area contributed by atoms with Crippen LogP contribution in [0.1, 0.15) is 18.1 Å². The summed E-state index contributed by atoms with van der Waals surface area (Å²) in [5, 5.41) is 9.10. The van der Waals surface area contributed by atoms with Gasteiger partial charge in [-0.15, -0.1) is 0 Å². The van der Waals surface area contributed by atoms with Gasteiger partial charge in [-0.2, -0.15) is 0 Å². The molecule has 0 heterocycles. The van der Waals surface area contributed by atoms with Crippen molar-refractivity contribution in [2.75, 3.05) is 6.54 Å². The molecule has 0 aromatic heterocycles. The van der Waals surface area contributed by atoms with E-state index >= 15 is 0 Å². The molecule has 0 saturated carbocycles. The molecule has 3 N–H and O–H groups in total. The Labute approximate surface area is 83.6 Å². The SMILES string of the molecule is Cc1cccc(C(C)(CN)C(=O)O)c1. The van der Waals surface area contributed by atoms with Crippen LogP contribution in [0.2, 0.25) is 0 Å². The first-order valence-electron chi connectivity index (χ1n) is 4.51. The number of benzene rings is 1. The van der Waals surface area contributed by atoms with Crippen molar-refractivity contribution in [2.24, 2.45) is 5.73 Å². The Kier molecular flexibility index (Phi) is 2.91. The van der Waals surface area contributed by atoms with Gasteiger partial charge in [0.15, 0.2) is 0 Å². The van der Waals surface area contributed by atoms with Crippen LogP contribution in [-0.2, 0) is 10.2 Å². The number of carboxylic acids is 1. The molecule has 3 heteroatoms. The van der Waals surface area contributed by atoms with Crippen molar-refractivity contribution in [2.45, 2.75) is 19.3 Å². The second-order valence-electron chi connectivity index (χ2n) is 3.71. The second-order valence-corrected chi connectivity index (χ2v) is 3.71. The first-order chi connectivity index (χ1) is 6.50. The summed E-state index contributed by atoms with van der Waals surface area (Å²) < 4.78 is 0. The third-order valence-electron chi connectivity index (χ3n) is 2.54. The highest BCUT2D eigenvalue weighted by molar-refractivity contribution is 5.81. The molecule has 76 valence electrons. The Balaban J connectivity index is 3.19. The predicted molar refractivity (Wildman–Crippen MR) is 55.2 cm³/mol. The highest BCUT2D eigenvalue weighted by Crippen LogP contribution is 2.23. The highest BCUT2D eigenvalue weighted by Gasteiger charge is 2.33. The molecule has 3 nitrogen and oxygen atoms in total. The van der Waals surface area contributed by atoms with E-state index in [1.165, 1.54) is 0 Å². The normalized spacial score (nSPS) is 14.8. The first kappa shape index (κ1) is 10.7. The van der Waals surface area contributed by atoms with Gasteiger partial charge >= 0.3 is 5.97 Å². The standard InChI is InChI=1S/C11H15NO2/c1-8-4-3-5-9(6-8)11(2,7-12)10(13)14/h3-6H,7,12H2,1-2H3,(H,13,14). The first-order valence-corrected chi connectivity index (χ1v) is 4.51. The minimum Gasteiger partial charge on any atom is -0.481 e. The van der Waals surface area contributed by atoms with Crippen molar-refractivity contribution in [1.29, 1.82) is 0 Å². The molecule has 0 amide bonds. The van der Waals surface area contributed by atoms with E-state index in [4.69, 9.17) is 10.8 Å². The molecule has 0 bridgehead atoms. The van der Waals surface area contributed by atoms with Crippen molar-refractivity contribution in [3.63, 3.8) is 0 Å². The molecular weight excluding hydrogens is 178 g/mol. The van der Waals surface area contributed by atoms with Gasteiger partial charge in [0, 0.05) is 6.54 Å². The molecule has 1 rings (SSSR count). The summed E-state index contributed by atoms with van der Waals surface area (Å²) in [6.07, 6.45) is 0. The van der Waals surface area contributed by atoms with Crippen LogP contribution >= 0.6 is 0 Å². The predicted octanol–water partition coefficient (Wildman–Crippen LogP) is 1.30. The lowest BCUT2D eigenvalue weighted by atomic mass is 9.82. The van der Waals surface area contributed by atoms with Crippen LogP contribution in [0.4, 0.5) is 0 Å². The minimum absolute atomic E-state index is 0.103. The summed E-state index contributed by atoms with van der Waals surface area (Å²) in [7, 11) is 0. The average Bonchev–Trinajstić information content (AvgIpc) is 2.16. The molecule has 0 aliphatic carbocycles. The minimum atomic E-state index is -0.980. The third kappa shape index (κ3) is 1.77. The quantitative estimate of drug-likeness (QED) is 0.760. The monoisotopic (exact) mass is 193 g/mol. The van der Waals surface area contributed by atoms with Gasteiger partial charge in [0.1, 0.15) is 5.41 Å². The number of hydrogen-bond donors (Lipinski definition) is 2. The molecule has 1 aromatic carbocycles. The molecule has 0 saturated heterocycles. The molecule has 1 atom stereocenters. The lowest BCUT2D eigenvalue weighted by Crippen LogP contribution is -2.40. The molecule has 1 unspecified atom stereocenters. The van der Waals surface area contributed by atoms with Gasteiger partial charge < -0.3 is 10.8 Å². The Morgan fingerprint density at radius 1 is 1.57 bits per heavy atom. The van der Waals surface area contributed by atoms with Crippen LogP contribution in [0.5, 0.6) is 0 Å². The van der Waals surface area contributed by atoms with E-state index in [-0.39, 0.29) is 6.54 Å². The van der Waals surface area contributed by atoms with Crippen LogP contribution in [-0.4, -0.2) is 17.6 Å². The van der Waals surface area contributed by atoms with Crippen molar-refractivity contribution in [3.05, 3.63) is 35.4 Å². The highest BCUT2D eigenvalue weighted by atomic mass is 16.4. The molecule has 0 radical (unpaired) electrons. The number of rotatable bonds is 3. The van der Waals surface area contributed by atoms with E-state index in [9.17, 15) is 4.79 Å². The van der Waals surface area contributed by atoms with E-state index < -0.39 is 11.4 Å². The van der Waals surface area contributed by atoms with Crippen LogP contribution in [0.15, 0.2) is 24.3 Å². The number of carboxylic acid groups (broad SMARTS) is 1. The number of hydrogen-bond acceptors (Lipinski definition) is 2. The van der Waals surface area contributed by atoms with E-state index in [1.807, 2.05) is 25.1 Å². The van der Waals surface area contributed by atoms with E-state index in [1.54, 1.807) is 13.0 Å². The van der Waals surface area contributed by atoms with Crippen LogP contribution in [0.3, 0.4) is 0 Å². The van der Waals surface area contributed by atoms with E-state index in [2.05, 4.69) is 0 Å². The molecule has 0 aliphatic heterocycles. The maximum atomic E-state index is 11.1. The van der Waals surface area contributed by atoms with Crippen LogP contribution in [0.25, 0.3) is 0 Å². The largest absolute Gasteiger partial charge is 0.481 e.